The number of halogens is 2. The number of amides is 1. The van der Waals surface area contributed by atoms with E-state index >= 15 is 0 Å². The van der Waals surface area contributed by atoms with E-state index in [2.05, 4.69) is 10.3 Å². The quantitative estimate of drug-likeness (QED) is 0.687. The number of rotatable bonds is 8. The van der Waals surface area contributed by atoms with Crippen molar-refractivity contribution < 1.29 is 14.3 Å². The standard InChI is InChI=1S/C18H26N4O3.2ClH/c1-5-6-15(19)18(23)21-16(17-20-7-8-22(17)2)12-9-13(24-3)11-14(10-12)25-4;;/h7-11,15-16H,5-6,19H2,1-4H3,(H,21,23);2*1H. The first-order valence-corrected chi connectivity index (χ1v) is 8.26. The minimum Gasteiger partial charge on any atom is -0.497 e. The predicted octanol–water partition coefficient (Wildman–Crippen LogP) is 2.61. The molecule has 0 saturated carbocycles. The Balaban J connectivity index is 0.00000338. The monoisotopic (exact) mass is 418 g/mol. The summed E-state index contributed by atoms with van der Waals surface area (Å²) in [7, 11) is 5.05. The first-order valence-electron chi connectivity index (χ1n) is 8.26. The Hall–Kier alpha value is -1.96. The number of carbonyl (C=O) groups excluding carboxylic acids is 1. The summed E-state index contributed by atoms with van der Waals surface area (Å²) in [6, 6.07) is 4.48. The maximum Gasteiger partial charge on any atom is 0.237 e. The summed E-state index contributed by atoms with van der Waals surface area (Å²) in [4.78, 5) is 16.9. The molecule has 0 saturated heterocycles. The van der Waals surface area contributed by atoms with Crippen LogP contribution in [0.2, 0.25) is 0 Å². The van der Waals surface area contributed by atoms with Crippen molar-refractivity contribution in [3.8, 4) is 11.5 Å². The van der Waals surface area contributed by atoms with Gasteiger partial charge in [-0.25, -0.2) is 4.98 Å². The van der Waals surface area contributed by atoms with Crippen molar-refractivity contribution in [3.05, 3.63) is 42.0 Å². The second-order valence-electron chi connectivity index (χ2n) is 5.88. The number of imidazole rings is 1. The zero-order valence-corrected chi connectivity index (χ0v) is 17.6. The average Bonchev–Trinajstić information content (AvgIpc) is 3.04. The van der Waals surface area contributed by atoms with Crippen LogP contribution in [0.4, 0.5) is 0 Å². The summed E-state index contributed by atoms with van der Waals surface area (Å²) in [5.74, 6) is 1.77. The van der Waals surface area contributed by atoms with E-state index in [1.165, 1.54) is 0 Å². The molecular weight excluding hydrogens is 391 g/mol. The van der Waals surface area contributed by atoms with Crippen molar-refractivity contribution in [1.29, 1.82) is 0 Å². The molecule has 9 heteroatoms. The highest BCUT2D eigenvalue weighted by molar-refractivity contribution is 5.85. The van der Waals surface area contributed by atoms with Gasteiger partial charge >= 0.3 is 0 Å². The van der Waals surface area contributed by atoms with Crippen LogP contribution in [0.3, 0.4) is 0 Å². The van der Waals surface area contributed by atoms with Gasteiger partial charge < -0.3 is 25.1 Å². The molecule has 0 aliphatic rings. The maximum absolute atomic E-state index is 12.5. The number of benzene rings is 1. The molecule has 0 radical (unpaired) electrons. The Kier molecular flexibility index (Phi) is 10.8. The van der Waals surface area contributed by atoms with E-state index in [-0.39, 0.29) is 30.7 Å². The summed E-state index contributed by atoms with van der Waals surface area (Å²) in [5, 5.41) is 3.01. The van der Waals surface area contributed by atoms with Crippen LogP contribution in [0.15, 0.2) is 30.6 Å². The number of methoxy groups -OCH3 is 2. The molecule has 152 valence electrons. The minimum absolute atomic E-state index is 0. The first-order chi connectivity index (χ1) is 12.0. The van der Waals surface area contributed by atoms with Gasteiger partial charge in [-0.2, -0.15) is 0 Å². The van der Waals surface area contributed by atoms with E-state index in [4.69, 9.17) is 15.2 Å². The molecule has 1 heterocycles. The van der Waals surface area contributed by atoms with Crippen LogP contribution in [-0.4, -0.2) is 35.7 Å². The molecule has 0 fully saturated rings. The van der Waals surface area contributed by atoms with Crippen LogP contribution in [0.1, 0.15) is 37.2 Å². The van der Waals surface area contributed by atoms with Crippen molar-refractivity contribution in [3.63, 3.8) is 0 Å². The molecule has 0 spiro atoms. The van der Waals surface area contributed by atoms with Crippen LogP contribution in [0.25, 0.3) is 0 Å². The number of nitrogens with zero attached hydrogens (tertiary/aromatic N) is 2. The molecular formula is C18H28Cl2N4O3. The molecule has 0 aliphatic heterocycles. The topological polar surface area (TPSA) is 91.4 Å². The SMILES string of the molecule is CCCC(N)C(=O)NC(c1cc(OC)cc(OC)c1)c1nccn1C.Cl.Cl. The van der Waals surface area contributed by atoms with Crippen molar-refractivity contribution in [2.45, 2.75) is 31.8 Å². The Morgan fingerprint density at radius 2 is 1.81 bits per heavy atom. The molecule has 0 bridgehead atoms. The Labute approximate surface area is 172 Å². The fourth-order valence-electron chi connectivity index (χ4n) is 2.64. The Morgan fingerprint density at radius 1 is 1.22 bits per heavy atom. The van der Waals surface area contributed by atoms with Gasteiger partial charge in [0, 0.05) is 25.5 Å². The van der Waals surface area contributed by atoms with E-state index in [0.717, 1.165) is 12.0 Å². The van der Waals surface area contributed by atoms with Gasteiger partial charge in [-0.3, -0.25) is 4.79 Å². The molecule has 1 amide bonds. The second kappa shape index (κ2) is 11.7. The molecule has 27 heavy (non-hydrogen) atoms. The number of aromatic nitrogens is 2. The van der Waals surface area contributed by atoms with Gasteiger partial charge in [-0.05, 0) is 24.1 Å². The lowest BCUT2D eigenvalue weighted by atomic mass is 10.0. The summed E-state index contributed by atoms with van der Waals surface area (Å²) < 4.78 is 12.5. The van der Waals surface area contributed by atoms with Gasteiger partial charge in [0.05, 0.1) is 20.3 Å². The minimum atomic E-state index is -0.555. The molecule has 7 nitrogen and oxygen atoms in total. The van der Waals surface area contributed by atoms with Crippen molar-refractivity contribution in [1.82, 2.24) is 14.9 Å². The molecule has 1 aromatic carbocycles. The van der Waals surface area contributed by atoms with Gasteiger partial charge in [-0.15, -0.1) is 24.8 Å². The number of nitrogens with one attached hydrogen (secondary N) is 1. The highest BCUT2D eigenvalue weighted by atomic mass is 35.5. The fourth-order valence-corrected chi connectivity index (χ4v) is 2.64. The molecule has 2 aromatic rings. The Morgan fingerprint density at radius 3 is 2.26 bits per heavy atom. The van der Waals surface area contributed by atoms with E-state index in [1.807, 2.05) is 36.9 Å². The first kappa shape index (κ1) is 25.0. The van der Waals surface area contributed by atoms with Crippen LogP contribution in [0, 0.1) is 0 Å². The molecule has 2 atom stereocenters. The lowest BCUT2D eigenvalue weighted by Crippen LogP contribution is -2.43. The lowest BCUT2D eigenvalue weighted by molar-refractivity contribution is -0.123. The highest BCUT2D eigenvalue weighted by Crippen LogP contribution is 2.29. The number of nitrogens with two attached hydrogens (primary N) is 1. The smallest absolute Gasteiger partial charge is 0.237 e. The maximum atomic E-state index is 12.5. The number of ether oxygens (including phenoxy) is 2. The summed E-state index contributed by atoms with van der Waals surface area (Å²) >= 11 is 0. The van der Waals surface area contributed by atoms with Gasteiger partial charge in [-0.1, -0.05) is 13.3 Å². The fraction of sp³-hybridized carbons (Fsp3) is 0.444. The van der Waals surface area contributed by atoms with E-state index in [1.54, 1.807) is 26.5 Å². The predicted molar refractivity (Wildman–Crippen MR) is 110 cm³/mol. The zero-order chi connectivity index (χ0) is 18.4. The van der Waals surface area contributed by atoms with Gasteiger partial charge in [0.25, 0.3) is 0 Å². The van der Waals surface area contributed by atoms with Gasteiger partial charge in [0.1, 0.15) is 23.4 Å². The molecule has 3 N–H and O–H groups in total. The number of hydrogen-bond acceptors (Lipinski definition) is 5. The number of aryl methyl sites for hydroxylation is 1. The molecule has 2 rings (SSSR count). The van der Waals surface area contributed by atoms with Crippen LogP contribution in [0.5, 0.6) is 11.5 Å². The summed E-state index contributed by atoms with van der Waals surface area (Å²) in [6.45, 7) is 2.00. The van der Waals surface area contributed by atoms with Crippen LogP contribution in [-0.2, 0) is 11.8 Å². The largest absolute Gasteiger partial charge is 0.497 e. The third kappa shape index (κ3) is 6.30. The second-order valence-corrected chi connectivity index (χ2v) is 5.88. The van der Waals surface area contributed by atoms with E-state index < -0.39 is 12.1 Å². The molecule has 2 unspecified atom stereocenters. The number of carbonyl (C=O) groups is 1. The van der Waals surface area contributed by atoms with Gasteiger partial charge in [0.2, 0.25) is 5.91 Å². The van der Waals surface area contributed by atoms with Crippen molar-refractivity contribution >= 4 is 30.7 Å². The Bertz CT molecular complexity index is 702. The van der Waals surface area contributed by atoms with Crippen molar-refractivity contribution in [2.75, 3.05) is 14.2 Å². The lowest BCUT2D eigenvalue weighted by Gasteiger charge is -2.22. The number of hydrogen-bond donors (Lipinski definition) is 2. The summed E-state index contributed by atoms with van der Waals surface area (Å²) in [6.07, 6.45) is 4.99. The zero-order valence-electron chi connectivity index (χ0n) is 16.0. The third-order valence-corrected chi connectivity index (χ3v) is 4.05. The van der Waals surface area contributed by atoms with Crippen LogP contribution >= 0.6 is 24.8 Å². The van der Waals surface area contributed by atoms with E-state index in [0.29, 0.717) is 23.7 Å². The normalized spacial score (nSPS) is 12.2. The molecule has 1 aromatic heterocycles. The van der Waals surface area contributed by atoms with Crippen LogP contribution < -0.4 is 20.5 Å². The summed E-state index contributed by atoms with van der Waals surface area (Å²) in [5.41, 5.74) is 6.78. The van der Waals surface area contributed by atoms with Crippen molar-refractivity contribution in [2.24, 2.45) is 12.8 Å². The molecule has 0 aliphatic carbocycles. The van der Waals surface area contributed by atoms with E-state index in [9.17, 15) is 4.79 Å². The third-order valence-electron chi connectivity index (χ3n) is 4.05. The average molecular weight is 419 g/mol. The highest BCUT2D eigenvalue weighted by Gasteiger charge is 2.24. The van der Waals surface area contributed by atoms with Gasteiger partial charge in [0.15, 0.2) is 0 Å².